The van der Waals surface area contributed by atoms with E-state index in [0.29, 0.717) is 18.9 Å². The monoisotopic (exact) mass is 432 g/mol. The van der Waals surface area contributed by atoms with Crippen molar-refractivity contribution in [3.8, 4) is 0 Å². The maximum absolute atomic E-state index is 13.2. The van der Waals surface area contributed by atoms with Crippen LogP contribution in [0, 0.1) is 5.92 Å². The molecule has 2 amide bonds. The Balaban J connectivity index is 2.49. The van der Waals surface area contributed by atoms with E-state index in [0.717, 1.165) is 5.56 Å². The molecule has 0 N–H and O–H groups in total. The van der Waals surface area contributed by atoms with Gasteiger partial charge in [0.15, 0.2) is 0 Å². The molecular weight excluding hydrogens is 400 g/mol. The van der Waals surface area contributed by atoms with E-state index in [2.05, 4.69) is 0 Å². The lowest BCUT2D eigenvalue weighted by molar-refractivity contribution is -0.145. The van der Waals surface area contributed by atoms with E-state index in [1.54, 1.807) is 31.7 Å². The number of hydrogen-bond acceptors (Lipinski definition) is 6. The quantitative estimate of drug-likeness (QED) is 0.508. The number of benzene rings is 1. The Morgan fingerprint density at radius 2 is 1.84 bits per heavy atom. The summed E-state index contributed by atoms with van der Waals surface area (Å²) in [6.45, 7) is 7.98. The summed E-state index contributed by atoms with van der Waals surface area (Å²) in [7, 11) is 1.30. The van der Waals surface area contributed by atoms with Crippen LogP contribution in [0.2, 0.25) is 0 Å². The van der Waals surface area contributed by atoms with Gasteiger partial charge in [0, 0.05) is 25.4 Å². The van der Waals surface area contributed by atoms with Crippen molar-refractivity contribution in [2.75, 3.05) is 40.0 Å². The molecule has 0 aliphatic carbocycles. The fourth-order valence-electron chi connectivity index (χ4n) is 3.18. The van der Waals surface area contributed by atoms with E-state index < -0.39 is 23.6 Å². The van der Waals surface area contributed by atoms with Crippen molar-refractivity contribution in [2.45, 2.75) is 33.3 Å². The largest absolute Gasteiger partial charge is 0.469 e. The summed E-state index contributed by atoms with van der Waals surface area (Å²) in [5, 5.41) is 0. The van der Waals surface area contributed by atoms with E-state index in [9.17, 15) is 14.4 Å². The van der Waals surface area contributed by atoms with Gasteiger partial charge in [-0.25, -0.2) is 4.79 Å². The lowest BCUT2D eigenvalue weighted by Crippen LogP contribution is -2.49. The van der Waals surface area contributed by atoms with Gasteiger partial charge < -0.3 is 19.1 Å². The first-order chi connectivity index (χ1) is 14.7. The molecule has 0 spiro atoms. The number of rotatable bonds is 6. The molecule has 0 aromatic heterocycles. The third-order valence-electron chi connectivity index (χ3n) is 4.58. The topological polar surface area (TPSA) is 85.4 Å². The molecule has 1 unspecified atom stereocenters. The summed E-state index contributed by atoms with van der Waals surface area (Å²) in [4.78, 5) is 41.3. The van der Waals surface area contributed by atoms with E-state index in [1.165, 1.54) is 12.0 Å². The van der Waals surface area contributed by atoms with Gasteiger partial charge in [-0.2, -0.15) is 0 Å². The Kier molecular flexibility index (Phi) is 8.62. The second-order valence-electron chi connectivity index (χ2n) is 8.15. The molecule has 0 radical (unpaired) electrons. The van der Waals surface area contributed by atoms with Crippen molar-refractivity contribution in [2.24, 2.45) is 5.92 Å². The highest BCUT2D eigenvalue weighted by molar-refractivity contribution is 5.92. The van der Waals surface area contributed by atoms with Gasteiger partial charge in [0.05, 0.1) is 19.6 Å². The van der Waals surface area contributed by atoms with Crippen molar-refractivity contribution >= 4 is 23.7 Å². The number of carbonyl (C=O) groups excluding carboxylic acids is 3. The number of amides is 2. The predicted octanol–water partition coefficient (Wildman–Crippen LogP) is 2.93. The first-order valence-corrected chi connectivity index (χ1v) is 10.4. The molecule has 0 saturated carbocycles. The van der Waals surface area contributed by atoms with E-state index in [4.69, 9.17) is 14.2 Å². The molecule has 8 heteroatoms. The van der Waals surface area contributed by atoms with E-state index >= 15 is 0 Å². The molecular formula is C23H32N2O6. The van der Waals surface area contributed by atoms with Gasteiger partial charge in [-0.1, -0.05) is 30.3 Å². The van der Waals surface area contributed by atoms with Crippen LogP contribution in [0.5, 0.6) is 0 Å². The molecule has 8 nitrogen and oxygen atoms in total. The number of methoxy groups -OCH3 is 1. The maximum Gasteiger partial charge on any atom is 0.410 e. The van der Waals surface area contributed by atoms with Crippen LogP contribution in [0.25, 0.3) is 5.70 Å². The second-order valence-corrected chi connectivity index (χ2v) is 8.15. The van der Waals surface area contributed by atoms with Crippen molar-refractivity contribution in [1.82, 2.24) is 9.80 Å². The van der Waals surface area contributed by atoms with Crippen molar-refractivity contribution in [1.29, 1.82) is 0 Å². The van der Waals surface area contributed by atoms with Crippen LogP contribution in [0.4, 0.5) is 4.79 Å². The Bertz CT molecular complexity index is 800. The van der Waals surface area contributed by atoms with E-state index in [1.807, 2.05) is 37.3 Å². The van der Waals surface area contributed by atoms with Crippen LogP contribution in [0.1, 0.15) is 33.3 Å². The lowest BCUT2D eigenvalue weighted by Gasteiger charge is -2.34. The molecule has 1 atom stereocenters. The van der Waals surface area contributed by atoms with Crippen LogP contribution >= 0.6 is 0 Å². The van der Waals surface area contributed by atoms with Gasteiger partial charge >= 0.3 is 12.1 Å². The molecule has 0 saturated heterocycles. The molecule has 170 valence electrons. The molecule has 0 bridgehead atoms. The third kappa shape index (κ3) is 7.10. The highest BCUT2D eigenvalue weighted by Gasteiger charge is 2.34. The average molecular weight is 433 g/mol. The molecule has 31 heavy (non-hydrogen) atoms. The van der Waals surface area contributed by atoms with Crippen LogP contribution < -0.4 is 0 Å². The van der Waals surface area contributed by atoms with Gasteiger partial charge in [0.25, 0.3) is 0 Å². The molecule has 1 aliphatic rings. The van der Waals surface area contributed by atoms with Gasteiger partial charge in [0.2, 0.25) is 5.91 Å². The van der Waals surface area contributed by atoms with Crippen LogP contribution in [-0.2, 0) is 23.8 Å². The Morgan fingerprint density at radius 3 is 2.42 bits per heavy atom. The summed E-state index contributed by atoms with van der Waals surface area (Å²) in [5.74, 6) is -1.56. The number of ether oxygens (including phenoxy) is 3. The minimum absolute atomic E-state index is 0.0248. The highest BCUT2D eigenvalue weighted by atomic mass is 16.6. The Labute approximate surface area is 183 Å². The molecule has 1 aliphatic heterocycles. The van der Waals surface area contributed by atoms with Gasteiger partial charge in [-0.15, -0.1) is 0 Å². The summed E-state index contributed by atoms with van der Waals surface area (Å²) >= 11 is 0. The molecule has 1 aromatic carbocycles. The fourth-order valence-corrected chi connectivity index (χ4v) is 3.18. The first-order valence-electron chi connectivity index (χ1n) is 10.4. The summed E-state index contributed by atoms with van der Waals surface area (Å²) in [6.07, 6.45) is 1.03. The Hall–Kier alpha value is -2.87. The van der Waals surface area contributed by atoms with E-state index in [-0.39, 0.29) is 25.5 Å². The van der Waals surface area contributed by atoms with Gasteiger partial charge in [-0.3, -0.25) is 14.5 Å². The fraction of sp³-hybridized carbons (Fsp3) is 0.522. The highest BCUT2D eigenvalue weighted by Crippen LogP contribution is 2.26. The standard InChI is InChI=1S/C23H32N2O6/c1-6-30-13-12-25-19(17-10-8-7-9-11-17)14-18(21(27)29-5)15-24(16-20(25)26)22(28)31-23(2,3)4/h7-11,14,18H,6,12-13,15-16H2,1-5H3/b19-14-. The Morgan fingerprint density at radius 1 is 1.16 bits per heavy atom. The first kappa shape index (κ1) is 24.4. The molecule has 1 aromatic rings. The van der Waals surface area contributed by atoms with Crippen molar-refractivity contribution in [3.05, 3.63) is 42.0 Å². The molecule has 2 rings (SSSR count). The zero-order chi connectivity index (χ0) is 23.0. The van der Waals surface area contributed by atoms with Crippen LogP contribution in [0.15, 0.2) is 36.4 Å². The average Bonchev–Trinajstić information content (AvgIpc) is 2.71. The number of hydrogen-bond donors (Lipinski definition) is 0. The maximum atomic E-state index is 13.2. The minimum atomic E-state index is -0.768. The predicted molar refractivity (Wildman–Crippen MR) is 116 cm³/mol. The summed E-state index contributed by atoms with van der Waals surface area (Å²) in [5.41, 5.74) is 0.639. The lowest BCUT2D eigenvalue weighted by atomic mass is 10.0. The van der Waals surface area contributed by atoms with Gasteiger partial charge in [0.1, 0.15) is 12.1 Å². The SMILES string of the molecule is CCOCCN1C(=O)CN(C(=O)OC(C)(C)C)CC(C(=O)OC)/C=C\1c1ccccc1. The van der Waals surface area contributed by atoms with Crippen molar-refractivity contribution < 1.29 is 28.6 Å². The zero-order valence-electron chi connectivity index (χ0n) is 18.9. The molecule has 0 fully saturated rings. The van der Waals surface area contributed by atoms with Crippen molar-refractivity contribution in [3.63, 3.8) is 0 Å². The van der Waals surface area contributed by atoms with Crippen LogP contribution in [0.3, 0.4) is 0 Å². The molecule has 1 heterocycles. The minimum Gasteiger partial charge on any atom is -0.469 e. The van der Waals surface area contributed by atoms with Gasteiger partial charge in [-0.05, 0) is 39.3 Å². The summed E-state index contributed by atoms with van der Waals surface area (Å²) < 4.78 is 15.9. The zero-order valence-corrected chi connectivity index (χ0v) is 18.9. The number of nitrogens with zero attached hydrogens (tertiary/aromatic N) is 2. The smallest absolute Gasteiger partial charge is 0.410 e. The summed E-state index contributed by atoms with van der Waals surface area (Å²) in [6, 6.07) is 9.34. The van der Waals surface area contributed by atoms with Crippen LogP contribution in [-0.4, -0.2) is 73.3 Å². The number of carbonyl (C=O) groups is 3. The third-order valence-corrected chi connectivity index (χ3v) is 4.58. The number of esters is 1. The normalized spacial score (nSPS) is 19.2. The second kappa shape index (κ2) is 10.9.